The number of morpholine rings is 1. The minimum atomic E-state index is -1.04. The van der Waals surface area contributed by atoms with E-state index < -0.39 is 5.60 Å². The van der Waals surface area contributed by atoms with E-state index in [1.165, 1.54) is 29.2 Å². The number of halogens is 1. The van der Waals surface area contributed by atoms with Crippen LogP contribution in [0.3, 0.4) is 0 Å². The number of benzene rings is 2. The number of rotatable bonds is 6. The van der Waals surface area contributed by atoms with Crippen molar-refractivity contribution in [2.45, 2.75) is 63.0 Å². The molecule has 38 heavy (non-hydrogen) atoms. The Balaban J connectivity index is 1.36. The molecule has 1 saturated heterocycles. The molecule has 2 aromatic rings. The molecule has 3 aliphatic rings. The normalized spacial score (nSPS) is 27.2. The van der Waals surface area contributed by atoms with Crippen LogP contribution >= 0.6 is 11.6 Å². The number of hydrogen-bond acceptors (Lipinski definition) is 5. The van der Waals surface area contributed by atoms with Crippen LogP contribution in [0, 0.1) is 17.2 Å². The van der Waals surface area contributed by atoms with Gasteiger partial charge in [0.25, 0.3) is 0 Å². The first-order valence-electron chi connectivity index (χ1n) is 13.6. The van der Waals surface area contributed by atoms with E-state index in [1.807, 2.05) is 12.1 Å². The van der Waals surface area contributed by atoms with Crippen LogP contribution in [0.4, 0.5) is 0 Å². The lowest BCUT2D eigenvalue weighted by Gasteiger charge is -2.52. The fourth-order valence-electron chi connectivity index (χ4n) is 6.63. The van der Waals surface area contributed by atoms with Gasteiger partial charge in [0.05, 0.1) is 13.2 Å². The van der Waals surface area contributed by atoms with Gasteiger partial charge in [-0.05, 0) is 90.4 Å². The first kappa shape index (κ1) is 27.0. The molecule has 5 rings (SSSR count). The number of carbonyl (C=O) groups is 1. The number of carbonyl (C=O) groups excluding carboxylic acids is 1. The van der Waals surface area contributed by atoms with Crippen molar-refractivity contribution in [1.29, 1.82) is 0 Å². The maximum absolute atomic E-state index is 11.5. The lowest BCUT2D eigenvalue weighted by Crippen LogP contribution is -2.49. The third-order valence-corrected chi connectivity index (χ3v) is 8.64. The Labute approximate surface area is 230 Å². The van der Waals surface area contributed by atoms with E-state index in [1.54, 1.807) is 0 Å². The van der Waals surface area contributed by atoms with Gasteiger partial charge in [-0.1, -0.05) is 48.4 Å². The van der Waals surface area contributed by atoms with Crippen molar-refractivity contribution in [3.63, 3.8) is 0 Å². The van der Waals surface area contributed by atoms with Crippen LogP contribution in [-0.2, 0) is 27.9 Å². The van der Waals surface area contributed by atoms with Crippen molar-refractivity contribution >= 4 is 23.6 Å². The molecule has 5 nitrogen and oxygen atoms in total. The Bertz CT molecular complexity index is 1240. The summed E-state index contributed by atoms with van der Waals surface area (Å²) in [4.78, 5) is 13.9. The number of aliphatic hydroxyl groups is 1. The molecule has 1 saturated carbocycles. The van der Waals surface area contributed by atoms with Crippen molar-refractivity contribution in [1.82, 2.24) is 4.90 Å². The third kappa shape index (κ3) is 6.00. The van der Waals surface area contributed by atoms with Crippen LogP contribution in [-0.4, -0.2) is 47.9 Å². The fraction of sp³-hybridized carbons (Fsp3) is 0.469. The van der Waals surface area contributed by atoms with E-state index in [0.29, 0.717) is 18.6 Å². The van der Waals surface area contributed by atoms with Gasteiger partial charge in [0.1, 0.15) is 11.4 Å². The van der Waals surface area contributed by atoms with Crippen molar-refractivity contribution < 1.29 is 19.4 Å². The van der Waals surface area contributed by atoms with E-state index >= 15 is 0 Å². The van der Waals surface area contributed by atoms with Crippen LogP contribution in [0.1, 0.15) is 61.3 Å². The molecular weight excluding hydrogens is 498 g/mol. The van der Waals surface area contributed by atoms with Crippen LogP contribution < -0.4 is 4.74 Å². The molecule has 0 radical (unpaired) electrons. The molecular formula is C32H36ClNO4. The predicted octanol–water partition coefficient (Wildman–Crippen LogP) is 5.46. The SMILES string of the molecule is CC(=O)Oc1ccc2c(c1)CC[C@@H]1C[C@@](O)(C#CCl)CC[C@@]21CC=Cc1ccc(CN2CCOCC2)cc1. The minimum Gasteiger partial charge on any atom is -0.427 e. The molecule has 0 aromatic heterocycles. The molecule has 6 heteroatoms. The molecule has 0 unspecified atom stereocenters. The van der Waals surface area contributed by atoms with Crippen LogP contribution in [0.15, 0.2) is 48.5 Å². The molecule has 2 aromatic carbocycles. The summed E-state index contributed by atoms with van der Waals surface area (Å²) in [6.45, 7) is 5.98. The Morgan fingerprint density at radius 2 is 2.00 bits per heavy atom. The zero-order valence-electron chi connectivity index (χ0n) is 22.0. The van der Waals surface area contributed by atoms with E-state index in [4.69, 9.17) is 21.1 Å². The first-order chi connectivity index (χ1) is 18.4. The number of esters is 1. The average Bonchev–Trinajstić information content (AvgIpc) is 2.90. The molecule has 1 N–H and O–H groups in total. The summed E-state index contributed by atoms with van der Waals surface area (Å²) in [5.41, 5.74) is 3.90. The van der Waals surface area contributed by atoms with Gasteiger partial charge in [-0.3, -0.25) is 9.69 Å². The van der Waals surface area contributed by atoms with Gasteiger partial charge in [-0.2, -0.15) is 0 Å². The van der Waals surface area contributed by atoms with Gasteiger partial charge in [0.2, 0.25) is 0 Å². The number of allylic oxidation sites excluding steroid dienone is 1. The molecule has 2 aliphatic carbocycles. The van der Waals surface area contributed by atoms with Gasteiger partial charge < -0.3 is 14.6 Å². The summed E-state index contributed by atoms with van der Waals surface area (Å²) in [7, 11) is 0. The highest BCUT2D eigenvalue weighted by Gasteiger charge is 2.50. The Kier molecular flexibility index (Phi) is 8.26. The van der Waals surface area contributed by atoms with E-state index in [2.05, 4.69) is 58.7 Å². The summed E-state index contributed by atoms with van der Waals surface area (Å²) >= 11 is 5.71. The lowest BCUT2D eigenvalue weighted by atomic mass is 9.53. The molecule has 2 fully saturated rings. The third-order valence-electron chi connectivity index (χ3n) is 8.55. The van der Waals surface area contributed by atoms with E-state index in [0.717, 1.165) is 58.5 Å². The average molecular weight is 534 g/mol. The second kappa shape index (κ2) is 11.6. The van der Waals surface area contributed by atoms with Crippen LogP contribution in [0.5, 0.6) is 5.75 Å². The number of aryl methyl sites for hydroxylation is 1. The van der Waals surface area contributed by atoms with Gasteiger partial charge >= 0.3 is 5.97 Å². The van der Waals surface area contributed by atoms with Crippen LogP contribution in [0.2, 0.25) is 0 Å². The number of hydrogen-bond donors (Lipinski definition) is 1. The van der Waals surface area contributed by atoms with E-state index in [-0.39, 0.29) is 17.3 Å². The Hall–Kier alpha value is -2.62. The topological polar surface area (TPSA) is 59.0 Å². The maximum atomic E-state index is 11.5. The fourth-order valence-corrected chi connectivity index (χ4v) is 6.81. The Morgan fingerprint density at radius 3 is 2.74 bits per heavy atom. The summed E-state index contributed by atoms with van der Waals surface area (Å²) in [5, 5.41) is 13.5. The number of fused-ring (bicyclic) bond motifs is 3. The Morgan fingerprint density at radius 1 is 1.21 bits per heavy atom. The summed E-state index contributed by atoms with van der Waals surface area (Å²) in [6.07, 6.45) is 9.23. The standard InChI is InChI=1S/C32H36ClNO4/c1-24(35)38-29-10-11-30-27(21-29)8-9-28-22-31(36,15-16-33)13-14-32(28,30)12-2-3-25-4-6-26(7-5-25)23-34-17-19-37-20-18-34/h2-7,10-11,21,28,36H,8-9,12-14,17-20,22-23H2,1H3/t28-,31+,32-/m1/s1. The zero-order valence-corrected chi connectivity index (χ0v) is 22.8. The summed E-state index contributed by atoms with van der Waals surface area (Å²) in [5.74, 6) is 3.44. The second-order valence-corrected chi connectivity index (χ2v) is 11.2. The second-order valence-electron chi connectivity index (χ2n) is 11.0. The zero-order chi connectivity index (χ0) is 26.6. The molecule has 3 atom stereocenters. The predicted molar refractivity (Wildman–Crippen MR) is 150 cm³/mol. The first-order valence-corrected chi connectivity index (χ1v) is 14.0. The van der Waals surface area contributed by atoms with Gasteiger partial charge in [-0.25, -0.2) is 0 Å². The highest BCUT2D eigenvalue weighted by Crippen LogP contribution is 2.55. The minimum absolute atomic E-state index is 0.102. The smallest absolute Gasteiger partial charge is 0.308 e. The highest BCUT2D eigenvalue weighted by atomic mass is 35.5. The van der Waals surface area contributed by atoms with Gasteiger partial charge in [0.15, 0.2) is 0 Å². The van der Waals surface area contributed by atoms with Crippen molar-refractivity contribution in [2.75, 3.05) is 26.3 Å². The highest BCUT2D eigenvalue weighted by molar-refractivity contribution is 6.30. The number of nitrogens with zero attached hydrogens (tertiary/aromatic N) is 1. The lowest BCUT2D eigenvalue weighted by molar-refractivity contribution is -0.131. The monoisotopic (exact) mass is 533 g/mol. The van der Waals surface area contributed by atoms with Crippen LogP contribution in [0.25, 0.3) is 6.08 Å². The molecule has 200 valence electrons. The maximum Gasteiger partial charge on any atom is 0.308 e. The van der Waals surface area contributed by atoms with Gasteiger partial charge in [0, 0.05) is 37.4 Å². The van der Waals surface area contributed by atoms with Crippen molar-refractivity contribution in [2.24, 2.45) is 5.92 Å². The van der Waals surface area contributed by atoms with Crippen molar-refractivity contribution in [3.05, 3.63) is 70.8 Å². The summed E-state index contributed by atoms with van der Waals surface area (Å²) < 4.78 is 10.8. The number of ether oxygens (including phenoxy) is 2. The van der Waals surface area contributed by atoms with Crippen molar-refractivity contribution in [3.8, 4) is 17.0 Å². The van der Waals surface area contributed by atoms with Gasteiger partial charge in [-0.15, -0.1) is 0 Å². The quantitative estimate of drug-likeness (QED) is 0.303. The molecule has 1 aliphatic heterocycles. The van der Waals surface area contributed by atoms with E-state index in [9.17, 15) is 9.90 Å². The molecule has 0 amide bonds. The molecule has 0 spiro atoms. The largest absolute Gasteiger partial charge is 0.427 e. The summed E-state index contributed by atoms with van der Waals surface area (Å²) in [6, 6.07) is 14.9. The molecule has 0 bridgehead atoms. The molecule has 1 heterocycles.